The van der Waals surface area contributed by atoms with Crippen LogP contribution in [0.4, 0.5) is 8.78 Å². The third kappa shape index (κ3) is 2.56. The van der Waals surface area contributed by atoms with Gasteiger partial charge >= 0.3 is 0 Å². The minimum absolute atomic E-state index is 0.214. The molecular formula is C13H20F2N2O3S. The number of sulfonamides is 1. The maximum Gasteiger partial charge on any atom is 0.282 e. The Balaban J connectivity index is 1.73. The molecule has 1 amide bonds. The lowest BCUT2D eigenvalue weighted by atomic mass is 9.76. The van der Waals surface area contributed by atoms with Crippen molar-refractivity contribution >= 4 is 15.9 Å². The summed E-state index contributed by atoms with van der Waals surface area (Å²) in [5.41, 5.74) is -0.342. The Morgan fingerprint density at radius 1 is 1.19 bits per heavy atom. The zero-order chi connectivity index (χ0) is 15.5. The van der Waals surface area contributed by atoms with E-state index in [0.717, 1.165) is 12.8 Å². The van der Waals surface area contributed by atoms with Crippen LogP contribution < -0.4 is 0 Å². The number of alkyl halides is 2. The topological polar surface area (TPSA) is 57.7 Å². The van der Waals surface area contributed by atoms with Gasteiger partial charge in [0.15, 0.2) is 0 Å². The van der Waals surface area contributed by atoms with Crippen molar-refractivity contribution in [3.63, 3.8) is 0 Å². The molecule has 2 aliphatic heterocycles. The average Bonchev–Trinajstić information content (AvgIpc) is 2.93. The molecule has 3 aliphatic rings. The van der Waals surface area contributed by atoms with Gasteiger partial charge in [-0.3, -0.25) is 4.79 Å². The second-order valence-corrected chi connectivity index (χ2v) is 8.69. The van der Waals surface area contributed by atoms with Crippen molar-refractivity contribution in [1.82, 2.24) is 9.21 Å². The second kappa shape index (κ2) is 4.62. The highest BCUT2D eigenvalue weighted by atomic mass is 32.2. The molecule has 1 aliphatic carbocycles. The molecule has 0 aromatic rings. The molecule has 0 bridgehead atoms. The molecule has 2 saturated heterocycles. The molecule has 1 spiro atoms. The van der Waals surface area contributed by atoms with Gasteiger partial charge in [0.05, 0.1) is 19.3 Å². The van der Waals surface area contributed by atoms with Crippen LogP contribution in [0.2, 0.25) is 0 Å². The summed E-state index contributed by atoms with van der Waals surface area (Å²) in [6.07, 6.45) is 4.17. The Morgan fingerprint density at radius 2 is 1.86 bits per heavy atom. The molecule has 3 rings (SSSR count). The molecule has 3 fully saturated rings. The number of amides is 1. The number of halogens is 2. The van der Waals surface area contributed by atoms with E-state index in [4.69, 9.17) is 0 Å². The van der Waals surface area contributed by atoms with Gasteiger partial charge in [0.2, 0.25) is 15.9 Å². The van der Waals surface area contributed by atoms with Crippen molar-refractivity contribution in [2.24, 2.45) is 11.3 Å². The highest BCUT2D eigenvalue weighted by Gasteiger charge is 2.55. The van der Waals surface area contributed by atoms with E-state index in [1.807, 2.05) is 0 Å². The van der Waals surface area contributed by atoms with Crippen LogP contribution in [-0.4, -0.2) is 61.9 Å². The van der Waals surface area contributed by atoms with E-state index in [9.17, 15) is 22.0 Å². The minimum Gasteiger partial charge on any atom is -0.330 e. The SMILES string of the molecule is CS(=O)(=O)N1CC[C@]2(CCC[C@@H]2C(=O)N2CC(F)(F)C2)C1. The molecule has 0 radical (unpaired) electrons. The lowest BCUT2D eigenvalue weighted by Crippen LogP contribution is -2.60. The van der Waals surface area contributed by atoms with Crippen molar-refractivity contribution in [3.8, 4) is 0 Å². The first kappa shape index (κ1) is 15.1. The molecule has 0 N–H and O–H groups in total. The van der Waals surface area contributed by atoms with E-state index in [-0.39, 0.29) is 17.2 Å². The van der Waals surface area contributed by atoms with Crippen LogP contribution in [0.25, 0.3) is 0 Å². The summed E-state index contributed by atoms with van der Waals surface area (Å²) in [5, 5.41) is 0. The van der Waals surface area contributed by atoms with E-state index in [0.29, 0.717) is 25.9 Å². The highest BCUT2D eigenvalue weighted by molar-refractivity contribution is 7.88. The molecule has 21 heavy (non-hydrogen) atoms. The van der Waals surface area contributed by atoms with Crippen molar-refractivity contribution in [1.29, 1.82) is 0 Å². The maximum atomic E-state index is 12.9. The van der Waals surface area contributed by atoms with Crippen LogP contribution in [-0.2, 0) is 14.8 Å². The number of likely N-dealkylation sites (tertiary alicyclic amines) is 1. The van der Waals surface area contributed by atoms with Crippen molar-refractivity contribution in [3.05, 3.63) is 0 Å². The normalized spacial score (nSPS) is 36.1. The summed E-state index contributed by atoms with van der Waals surface area (Å²) in [6.45, 7) is -0.201. The number of hydrogen-bond acceptors (Lipinski definition) is 3. The number of hydrogen-bond donors (Lipinski definition) is 0. The van der Waals surface area contributed by atoms with E-state index in [1.54, 1.807) is 0 Å². The minimum atomic E-state index is -3.26. The largest absolute Gasteiger partial charge is 0.330 e. The Kier molecular flexibility index (Phi) is 3.33. The first-order chi connectivity index (χ1) is 9.63. The Labute approximate surface area is 123 Å². The average molecular weight is 322 g/mol. The molecule has 2 atom stereocenters. The Morgan fingerprint density at radius 3 is 2.38 bits per heavy atom. The first-order valence-corrected chi connectivity index (χ1v) is 9.10. The Bertz CT molecular complexity index is 558. The van der Waals surface area contributed by atoms with Crippen LogP contribution in [0, 0.1) is 11.3 Å². The van der Waals surface area contributed by atoms with Crippen LogP contribution >= 0.6 is 0 Å². The fourth-order valence-electron chi connectivity index (χ4n) is 4.04. The van der Waals surface area contributed by atoms with Crippen molar-refractivity contribution in [2.45, 2.75) is 31.6 Å². The van der Waals surface area contributed by atoms with Crippen LogP contribution in [0.3, 0.4) is 0 Å². The van der Waals surface area contributed by atoms with Gasteiger partial charge < -0.3 is 4.90 Å². The molecule has 120 valence electrons. The molecule has 2 heterocycles. The lowest BCUT2D eigenvalue weighted by Gasteiger charge is -2.42. The molecular weight excluding hydrogens is 302 g/mol. The maximum absolute atomic E-state index is 12.9. The van der Waals surface area contributed by atoms with E-state index in [2.05, 4.69) is 0 Å². The first-order valence-electron chi connectivity index (χ1n) is 7.25. The van der Waals surface area contributed by atoms with Gasteiger partial charge in [0.1, 0.15) is 0 Å². The van der Waals surface area contributed by atoms with Gasteiger partial charge in [0, 0.05) is 19.0 Å². The van der Waals surface area contributed by atoms with Gasteiger partial charge in [-0.05, 0) is 24.7 Å². The van der Waals surface area contributed by atoms with E-state index >= 15 is 0 Å². The van der Waals surface area contributed by atoms with Crippen LogP contribution in [0.1, 0.15) is 25.7 Å². The molecule has 0 unspecified atom stereocenters. The van der Waals surface area contributed by atoms with Gasteiger partial charge in [-0.15, -0.1) is 0 Å². The summed E-state index contributed by atoms with van der Waals surface area (Å²) in [4.78, 5) is 13.7. The zero-order valence-corrected chi connectivity index (χ0v) is 12.8. The quantitative estimate of drug-likeness (QED) is 0.759. The molecule has 0 aromatic carbocycles. The molecule has 8 heteroatoms. The van der Waals surface area contributed by atoms with E-state index < -0.39 is 29.0 Å². The number of rotatable bonds is 2. The lowest BCUT2D eigenvalue weighted by molar-refractivity contribution is -0.172. The number of carbonyl (C=O) groups is 1. The summed E-state index contributed by atoms with van der Waals surface area (Å²) in [5.74, 6) is -3.27. The monoisotopic (exact) mass is 322 g/mol. The summed E-state index contributed by atoms with van der Waals surface area (Å²) >= 11 is 0. The highest BCUT2D eigenvalue weighted by Crippen LogP contribution is 2.51. The third-order valence-electron chi connectivity index (χ3n) is 5.18. The fourth-order valence-corrected chi connectivity index (χ4v) is 4.96. The number of nitrogens with zero attached hydrogens (tertiary/aromatic N) is 2. The van der Waals surface area contributed by atoms with Gasteiger partial charge in [-0.1, -0.05) is 6.42 Å². The van der Waals surface area contributed by atoms with Gasteiger partial charge in [0.25, 0.3) is 5.92 Å². The predicted molar refractivity (Wildman–Crippen MR) is 72.3 cm³/mol. The van der Waals surface area contributed by atoms with Gasteiger partial charge in [-0.25, -0.2) is 21.5 Å². The summed E-state index contributed by atoms with van der Waals surface area (Å²) < 4.78 is 50.6. The Hall–Kier alpha value is -0.760. The summed E-state index contributed by atoms with van der Waals surface area (Å²) in [6, 6.07) is 0. The van der Waals surface area contributed by atoms with Crippen molar-refractivity contribution in [2.75, 3.05) is 32.4 Å². The summed E-state index contributed by atoms with van der Waals surface area (Å²) in [7, 11) is -3.26. The van der Waals surface area contributed by atoms with Crippen molar-refractivity contribution < 1.29 is 22.0 Å². The van der Waals surface area contributed by atoms with Crippen LogP contribution in [0.5, 0.6) is 0 Å². The van der Waals surface area contributed by atoms with E-state index in [1.165, 1.54) is 15.5 Å². The predicted octanol–water partition coefficient (Wildman–Crippen LogP) is 0.916. The smallest absolute Gasteiger partial charge is 0.282 e. The molecule has 1 saturated carbocycles. The van der Waals surface area contributed by atoms with Crippen LogP contribution in [0.15, 0.2) is 0 Å². The van der Waals surface area contributed by atoms with Gasteiger partial charge in [-0.2, -0.15) is 0 Å². The second-order valence-electron chi connectivity index (χ2n) is 6.70. The third-order valence-corrected chi connectivity index (χ3v) is 6.43. The zero-order valence-electron chi connectivity index (χ0n) is 12.0. The number of carbonyl (C=O) groups excluding carboxylic acids is 1. The molecule has 0 aromatic heterocycles. The fraction of sp³-hybridized carbons (Fsp3) is 0.923. The standard InChI is InChI=1S/C13H20F2N2O3S/c1-21(19,20)17-6-5-12(7-17)4-2-3-10(12)11(18)16-8-13(14,15)9-16/h10H,2-9H2,1H3/t10-,12-/m1/s1. The molecule has 5 nitrogen and oxygen atoms in total.